The second-order valence-corrected chi connectivity index (χ2v) is 6.62. The first kappa shape index (κ1) is 19.5. The standard InChI is InChI=1S/C21H25N3O4/c1-14(21(26)23-18-13-17(27-2)9-10-19(18)28-3)22-15-6-4-7-16(12-15)24-11-5-8-20(24)25/h4,6-7,9-10,12-14,22H,5,8,11H2,1-3H3,(H,23,26). The first-order valence-corrected chi connectivity index (χ1v) is 9.21. The highest BCUT2D eigenvalue weighted by Gasteiger charge is 2.22. The summed E-state index contributed by atoms with van der Waals surface area (Å²) < 4.78 is 10.5. The van der Waals surface area contributed by atoms with E-state index in [2.05, 4.69) is 10.6 Å². The van der Waals surface area contributed by atoms with Crippen molar-refractivity contribution in [2.45, 2.75) is 25.8 Å². The first-order chi connectivity index (χ1) is 13.5. The average molecular weight is 383 g/mol. The third kappa shape index (κ3) is 4.36. The van der Waals surface area contributed by atoms with Gasteiger partial charge < -0.3 is 25.0 Å². The molecule has 1 fully saturated rings. The van der Waals surface area contributed by atoms with Gasteiger partial charge in [-0.15, -0.1) is 0 Å². The van der Waals surface area contributed by atoms with Crippen molar-refractivity contribution in [1.82, 2.24) is 0 Å². The van der Waals surface area contributed by atoms with Gasteiger partial charge in [-0.05, 0) is 43.7 Å². The van der Waals surface area contributed by atoms with E-state index >= 15 is 0 Å². The van der Waals surface area contributed by atoms with E-state index in [0.29, 0.717) is 23.6 Å². The number of anilines is 3. The molecule has 7 heteroatoms. The molecule has 0 aromatic heterocycles. The average Bonchev–Trinajstić information content (AvgIpc) is 3.14. The fraction of sp³-hybridized carbons (Fsp3) is 0.333. The zero-order valence-electron chi connectivity index (χ0n) is 16.3. The van der Waals surface area contributed by atoms with E-state index in [9.17, 15) is 9.59 Å². The highest BCUT2D eigenvalue weighted by atomic mass is 16.5. The summed E-state index contributed by atoms with van der Waals surface area (Å²) in [6, 6.07) is 12.3. The predicted octanol–water partition coefficient (Wildman–Crippen LogP) is 3.27. The van der Waals surface area contributed by atoms with E-state index < -0.39 is 6.04 Å². The minimum absolute atomic E-state index is 0.132. The highest BCUT2D eigenvalue weighted by molar-refractivity contribution is 5.98. The Morgan fingerprint density at radius 1 is 1.14 bits per heavy atom. The minimum atomic E-state index is -0.500. The van der Waals surface area contributed by atoms with E-state index in [1.807, 2.05) is 24.3 Å². The number of carbonyl (C=O) groups is 2. The lowest BCUT2D eigenvalue weighted by molar-refractivity contribution is -0.117. The Kier molecular flexibility index (Phi) is 6.03. The molecule has 2 amide bonds. The van der Waals surface area contributed by atoms with Crippen LogP contribution in [0, 0.1) is 0 Å². The van der Waals surface area contributed by atoms with Gasteiger partial charge >= 0.3 is 0 Å². The molecule has 2 aromatic carbocycles. The Bertz CT molecular complexity index is 868. The summed E-state index contributed by atoms with van der Waals surface area (Å²) in [6.45, 7) is 2.50. The molecule has 28 heavy (non-hydrogen) atoms. The van der Waals surface area contributed by atoms with Crippen molar-refractivity contribution in [3.8, 4) is 11.5 Å². The monoisotopic (exact) mass is 383 g/mol. The van der Waals surface area contributed by atoms with Crippen molar-refractivity contribution in [2.75, 3.05) is 36.3 Å². The van der Waals surface area contributed by atoms with Gasteiger partial charge in [-0.3, -0.25) is 9.59 Å². The molecule has 1 saturated heterocycles. The van der Waals surface area contributed by atoms with Crippen LogP contribution in [-0.4, -0.2) is 38.6 Å². The van der Waals surface area contributed by atoms with Gasteiger partial charge in [0.1, 0.15) is 17.5 Å². The van der Waals surface area contributed by atoms with E-state index in [0.717, 1.165) is 24.3 Å². The maximum atomic E-state index is 12.6. The molecule has 0 aliphatic carbocycles. The van der Waals surface area contributed by atoms with Gasteiger partial charge in [0.25, 0.3) is 0 Å². The van der Waals surface area contributed by atoms with Crippen molar-refractivity contribution in [2.24, 2.45) is 0 Å². The molecule has 0 spiro atoms. The maximum absolute atomic E-state index is 12.6. The number of nitrogens with one attached hydrogen (secondary N) is 2. The molecular weight excluding hydrogens is 358 g/mol. The summed E-state index contributed by atoms with van der Waals surface area (Å²) in [7, 11) is 3.11. The van der Waals surface area contributed by atoms with Crippen LogP contribution in [0.25, 0.3) is 0 Å². The van der Waals surface area contributed by atoms with Crippen LogP contribution >= 0.6 is 0 Å². The number of carbonyl (C=O) groups excluding carboxylic acids is 2. The molecule has 148 valence electrons. The molecule has 0 bridgehead atoms. The Morgan fingerprint density at radius 3 is 2.64 bits per heavy atom. The van der Waals surface area contributed by atoms with Crippen LogP contribution in [0.3, 0.4) is 0 Å². The molecule has 2 aromatic rings. The SMILES string of the molecule is COc1ccc(OC)c(NC(=O)C(C)Nc2cccc(N3CCCC3=O)c2)c1. The second-order valence-electron chi connectivity index (χ2n) is 6.62. The van der Waals surface area contributed by atoms with Gasteiger partial charge in [-0.1, -0.05) is 6.07 Å². The molecule has 1 aliphatic rings. The van der Waals surface area contributed by atoms with Crippen LogP contribution in [0.2, 0.25) is 0 Å². The molecule has 0 radical (unpaired) electrons. The van der Waals surface area contributed by atoms with Crippen molar-refractivity contribution < 1.29 is 19.1 Å². The molecule has 0 saturated carbocycles. The van der Waals surface area contributed by atoms with Gasteiger partial charge in [-0.2, -0.15) is 0 Å². The van der Waals surface area contributed by atoms with Crippen molar-refractivity contribution in [1.29, 1.82) is 0 Å². The second kappa shape index (κ2) is 8.65. The lowest BCUT2D eigenvalue weighted by atomic mass is 10.2. The Hall–Kier alpha value is -3.22. The summed E-state index contributed by atoms with van der Waals surface area (Å²) in [5.41, 5.74) is 2.16. The van der Waals surface area contributed by atoms with Crippen LogP contribution in [-0.2, 0) is 9.59 Å². The van der Waals surface area contributed by atoms with Crippen LogP contribution in [0.1, 0.15) is 19.8 Å². The van der Waals surface area contributed by atoms with E-state index in [4.69, 9.17) is 9.47 Å². The summed E-state index contributed by atoms with van der Waals surface area (Å²) in [4.78, 5) is 26.4. The van der Waals surface area contributed by atoms with Crippen LogP contribution in [0.15, 0.2) is 42.5 Å². The highest BCUT2D eigenvalue weighted by Crippen LogP contribution is 2.29. The summed E-state index contributed by atoms with van der Waals surface area (Å²) in [5.74, 6) is 1.10. The van der Waals surface area contributed by atoms with Crippen molar-refractivity contribution >= 4 is 28.9 Å². The number of amides is 2. The Morgan fingerprint density at radius 2 is 1.96 bits per heavy atom. The minimum Gasteiger partial charge on any atom is -0.497 e. The molecule has 7 nitrogen and oxygen atoms in total. The molecule has 1 atom stereocenters. The molecule has 3 rings (SSSR count). The van der Waals surface area contributed by atoms with Gasteiger partial charge in [-0.25, -0.2) is 0 Å². The topological polar surface area (TPSA) is 79.9 Å². The largest absolute Gasteiger partial charge is 0.497 e. The van der Waals surface area contributed by atoms with Crippen molar-refractivity contribution in [3.05, 3.63) is 42.5 Å². The quantitative estimate of drug-likeness (QED) is 0.767. The molecule has 1 aliphatic heterocycles. The third-order valence-electron chi connectivity index (χ3n) is 4.67. The molecular formula is C21H25N3O4. The van der Waals surface area contributed by atoms with Crippen molar-refractivity contribution in [3.63, 3.8) is 0 Å². The Labute approximate surface area is 164 Å². The Balaban J connectivity index is 1.69. The van der Waals surface area contributed by atoms with Gasteiger partial charge in [0.2, 0.25) is 11.8 Å². The summed E-state index contributed by atoms with van der Waals surface area (Å²) in [6.07, 6.45) is 1.45. The van der Waals surface area contributed by atoms with Gasteiger partial charge in [0.15, 0.2) is 0 Å². The number of rotatable bonds is 7. The van der Waals surface area contributed by atoms with E-state index in [1.54, 1.807) is 44.2 Å². The smallest absolute Gasteiger partial charge is 0.246 e. The van der Waals surface area contributed by atoms with Crippen LogP contribution in [0.4, 0.5) is 17.1 Å². The lowest BCUT2D eigenvalue weighted by Gasteiger charge is -2.20. The zero-order chi connectivity index (χ0) is 20.1. The molecule has 1 unspecified atom stereocenters. The number of ether oxygens (including phenoxy) is 2. The number of nitrogens with zero attached hydrogens (tertiary/aromatic N) is 1. The predicted molar refractivity (Wildman–Crippen MR) is 109 cm³/mol. The zero-order valence-corrected chi connectivity index (χ0v) is 16.3. The summed E-state index contributed by atoms with van der Waals surface area (Å²) in [5, 5.41) is 6.05. The first-order valence-electron chi connectivity index (χ1n) is 9.21. The van der Waals surface area contributed by atoms with E-state index in [1.165, 1.54) is 0 Å². The lowest BCUT2D eigenvalue weighted by Crippen LogP contribution is -2.32. The van der Waals surface area contributed by atoms with Crippen LogP contribution in [0.5, 0.6) is 11.5 Å². The number of benzene rings is 2. The summed E-state index contributed by atoms with van der Waals surface area (Å²) >= 11 is 0. The molecule has 1 heterocycles. The number of hydrogen-bond acceptors (Lipinski definition) is 5. The normalized spacial score (nSPS) is 14.5. The van der Waals surface area contributed by atoms with Crippen LogP contribution < -0.4 is 25.0 Å². The fourth-order valence-corrected chi connectivity index (χ4v) is 3.15. The number of methoxy groups -OCH3 is 2. The van der Waals surface area contributed by atoms with E-state index in [-0.39, 0.29) is 11.8 Å². The number of hydrogen-bond donors (Lipinski definition) is 2. The maximum Gasteiger partial charge on any atom is 0.246 e. The molecule has 2 N–H and O–H groups in total. The fourth-order valence-electron chi connectivity index (χ4n) is 3.15. The van der Waals surface area contributed by atoms with Gasteiger partial charge in [0, 0.05) is 30.4 Å². The third-order valence-corrected chi connectivity index (χ3v) is 4.67. The van der Waals surface area contributed by atoms with Gasteiger partial charge in [0.05, 0.1) is 19.9 Å².